The summed E-state index contributed by atoms with van der Waals surface area (Å²) in [5.74, 6) is -0.766. The van der Waals surface area contributed by atoms with Crippen molar-refractivity contribution in [3.05, 3.63) is 30.0 Å². The van der Waals surface area contributed by atoms with Crippen molar-refractivity contribution in [3.8, 4) is 11.6 Å². The van der Waals surface area contributed by atoms with Crippen LogP contribution in [0.3, 0.4) is 0 Å². The van der Waals surface area contributed by atoms with Crippen molar-refractivity contribution in [3.63, 3.8) is 0 Å². The summed E-state index contributed by atoms with van der Waals surface area (Å²) in [5.41, 5.74) is -0.357. The Morgan fingerprint density at radius 2 is 1.50 bits per heavy atom. The third-order valence-electron chi connectivity index (χ3n) is 2.52. The molecule has 0 amide bonds. The number of aryl methyl sites for hydroxylation is 1. The zero-order chi connectivity index (χ0) is 16.0. The average molecular weight is 400 g/mol. The number of hydrogen-bond donors (Lipinski definition) is 0. The van der Waals surface area contributed by atoms with Gasteiger partial charge in [-0.15, -0.1) is 0 Å². The Morgan fingerprint density at radius 3 is 1.88 bits per heavy atom. The molecule has 0 unspecified atom stereocenters. The molecule has 0 aliphatic heterocycles. The van der Waals surface area contributed by atoms with Gasteiger partial charge >= 0.3 is 88.7 Å². The number of aromatic nitrogens is 2. The van der Waals surface area contributed by atoms with E-state index in [-0.39, 0.29) is 94.4 Å². The molecule has 114 valence electrons. The molecular weight excluding hydrogens is 393 g/mol. The maximum absolute atomic E-state index is 11.7. The summed E-state index contributed by atoms with van der Waals surface area (Å²) in [4.78, 5) is -1.63. The van der Waals surface area contributed by atoms with Crippen molar-refractivity contribution >= 4 is 20.2 Å². The van der Waals surface area contributed by atoms with Crippen LogP contribution in [0.5, 0.6) is 5.88 Å². The minimum absolute atomic E-state index is 0. The molecule has 24 heavy (non-hydrogen) atoms. The maximum Gasteiger partial charge on any atom is 1.00 e. The quantitative estimate of drug-likeness (QED) is 0.363. The van der Waals surface area contributed by atoms with Gasteiger partial charge in [0.1, 0.15) is 20.2 Å². The largest absolute Gasteiger partial charge is 1.00 e. The normalized spacial score (nSPS) is 11.0. The molecule has 9 nitrogen and oxygen atoms in total. The van der Waals surface area contributed by atoms with Gasteiger partial charge in [0.15, 0.2) is 0 Å². The molecule has 0 aliphatic rings. The molecule has 0 saturated carbocycles. The van der Waals surface area contributed by atoms with Crippen molar-refractivity contribution in [1.29, 1.82) is 0 Å². The van der Waals surface area contributed by atoms with Crippen molar-refractivity contribution in [2.75, 3.05) is 0 Å². The summed E-state index contributed by atoms with van der Waals surface area (Å²) < 4.78 is 67.0. The number of benzene rings is 1. The summed E-state index contributed by atoms with van der Waals surface area (Å²) in [5, 5.41) is 15.3. The SMILES string of the molecule is Cc1cc([O-])n(-c2cc(S(=O)(=O)[O-])ccc2S(=O)(=O)[O-])n1.[Na+].[Na+].[Na+]. The third-order valence-corrected chi connectivity index (χ3v) is 4.23. The van der Waals surface area contributed by atoms with Crippen LogP contribution in [-0.2, 0) is 20.2 Å². The summed E-state index contributed by atoms with van der Waals surface area (Å²) in [6.45, 7) is 1.44. The predicted molar refractivity (Wildman–Crippen MR) is 63.7 cm³/mol. The van der Waals surface area contributed by atoms with Gasteiger partial charge in [0, 0.05) is 0 Å². The van der Waals surface area contributed by atoms with E-state index in [9.17, 15) is 31.0 Å². The molecule has 1 aromatic heterocycles. The van der Waals surface area contributed by atoms with E-state index in [0.717, 1.165) is 6.07 Å². The van der Waals surface area contributed by atoms with Crippen molar-refractivity contribution in [2.24, 2.45) is 0 Å². The maximum atomic E-state index is 11.7. The Morgan fingerprint density at radius 1 is 0.958 bits per heavy atom. The second-order valence-corrected chi connectivity index (χ2v) is 6.80. The van der Waals surface area contributed by atoms with Crippen LogP contribution in [0.15, 0.2) is 34.1 Å². The molecule has 2 rings (SSSR count). The molecule has 0 saturated heterocycles. The van der Waals surface area contributed by atoms with Gasteiger partial charge in [0.05, 0.1) is 21.2 Å². The second kappa shape index (κ2) is 9.83. The van der Waals surface area contributed by atoms with E-state index in [1.54, 1.807) is 0 Å². The minimum atomic E-state index is -5.00. The van der Waals surface area contributed by atoms with Gasteiger partial charge in [-0.25, -0.2) is 21.5 Å². The van der Waals surface area contributed by atoms with E-state index in [2.05, 4.69) is 5.10 Å². The standard InChI is InChI=1S/C10H10N2O7S2.3Na/c1-6-4-10(13)12(11-6)8-5-7(20(14,15)16)2-3-9(8)21(17,18)19;;;/h2-5,13H,1H3,(H,14,15,16)(H,17,18,19);;;/q;3*+1/p-3. The Bertz CT molecular complexity index is 926. The molecule has 14 heteroatoms. The predicted octanol–water partition coefficient (Wildman–Crippen LogP) is -9.93. The van der Waals surface area contributed by atoms with Gasteiger partial charge in [-0.2, -0.15) is 5.10 Å². The first-order valence-corrected chi connectivity index (χ1v) is 8.12. The van der Waals surface area contributed by atoms with Crippen LogP contribution >= 0.6 is 0 Å². The molecule has 0 radical (unpaired) electrons. The summed E-state index contributed by atoms with van der Waals surface area (Å²) in [7, 11) is -9.89. The number of nitrogens with zero attached hydrogens (tertiary/aromatic N) is 2. The first-order valence-electron chi connectivity index (χ1n) is 5.30. The van der Waals surface area contributed by atoms with Gasteiger partial charge in [-0.05, 0) is 37.1 Å². The smallest absolute Gasteiger partial charge is 0.859 e. The van der Waals surface area contributed by atoms with Crippen molar-refractivity contribution < 1.29 is 120 Å². The van der Waals surface area contributed by atoms with Crippen LogP contribution in [-0.4, -0.2) is 35.7 Å². The summed E-state index contributed by atoms with van der Waals surface area (Å²) in [6, 6.07) is 3.01. The van der Waals surface area contributed by atoms with E-state index >= 15 is 0 Å². The Labute approximate surface area is 205 Å². The molecule has 0 spiro atoms. The fourth-order valence-electron chi connectivity index (χ4n) is 1.68. The Hall–Kier alpha value is 1.05. The first-order chi connectivity index (χ1) is 9.50. The molecule has 1 aromatic carbocycles. The Balaban J connectivity index is 0. The molecule has 0 N–H and O–H groups in total. The van der Waals surface area contributed by atoms with Crippen LogP contribution in [0.25, 0.3) is 5.69 Å². The van der Waals surface area contributed by atoms with E-state index in [0.29, 0.717) is 22.9 Å². The molecule has 2 aromatic rings. The van der Waals surface area contributed by atoms with E-state index in [4.69, 9.17) is 0 Å². The van der Waals surface area contributed by atoms with E-state index in [1.807, 2.05) is 0 Å². The monoisotopic (exact) mass is 400 g/mol. The van der Waals surface area contributed by atoms with E-state index < -0.39 is 41.6 Å². The van der Waals surface area contributed by atoms with Gasteiger partial charge in [-0.3, -0.25) is 0 Å². The van der Waals surface area contributed by atoms with Crippen LogP contribution in [0.2, 0.25) is 0 Å². The van der Waals surface area contributed by atoms with Gasteiger partial charge < -0.3 is 14.2 Å². The fourth-order valence-corrected chi connectivity index (χ4v) is 2.80. The van der Waals surface area contributed by atoms with Crippen molar-refractivity contribution in [1.82, 2.24) is 9.78 Å². The third kappa shape index (κ3) is 6.34. The molecular formula is C10H7N2Na3O7S2. The van der Waals surface area contributed by atoms with Crippen LogP contribution in [0.4, 0.5) is 0 Å². The fraction of sp³-hybridized carbons (Fsp3) is 0.100. The molecule has 0 aliphatic carbocycles. The zero-order valence-electron chi connectivity index (χ0n) is 13.4. The first kappa shape index (κ1) is 27.3. The molecule has 1 heterocycles. The van der Waals surface area contributed by atoms with Gasteiger partial charge in [0.25, 0.3) is 0 Å². The van der Waals surface area contributed by atoms with Crippen molar-refractivity contribution in [2.45, 2.75) is 16.7 Å². The van der Waals surface area contributed by atoms with Gasteiger partial charge in [0.2, 0.25) is 0 Å². The molecule has 0 bridgehead atoms. The van der Waals surface area contributed by atoms with Crippen LogP contribution in [0.1, 0.15) is 5.69 Å². The van der Waals surface area contributed by atoms with E-state index in [1.165, 1.54) is 6.92 Å². The molecule has 0 atom stereocenters. The van der Waals surface area contributed by atoms with Crippen LogP contribution in [0, 0.1) is 6.92 Å². The topological polar surface area (TPSA) is 155 Å². The number of hydrogen-bond acceptors (Lipinski definition) is 8. The number of rotatable bonds is 3. The minimum Gasteiger partial charge on any atom is -0.859 e. The molecule has 0 fully saturated rings. The second-order valence-electron chi connectivity index (χ2n) is 4.07. The zero-order valence-corrected chi connectivity index (χ0v) is 21.0. The van der Waals surface area contributed by atoms with Crippen LogP contribution < -0.4 is 93.8 Å². The summed E-state index contributed by atoms with van der Waals surface area (Å²) in [6.07, 6.45) is 0. The van der Waals surface area contributed by atoms with Gasteiger partial charge in [-0.1, -0.05) is 0 Å². The Kier molecular flexibility index (Phi) is 11.2. The average Bonchev–Trinajstić information content (AvgIpc) is 2.65. The summed E-state index contributed by atoms with van der Waals surface area (Å²) >= 11 is 0.